The second-order valence-corrected chi connectivity index (χ2v) is 8.80. The molecule has 172 valence electrons. The number of nitrogens with one attached hydrogen (secondary N) is 1. The fourth-order valence-corrected chi connectivity index (χ4v) is 4.93. The van der Waals surface area contributed by atoms with Gasteiger partial charge < -0.3 is 19.7 Å². The van der Waals surface area contributed by atoms with Crippen LogP contribution in [0.1, 0.15) is 44.1 Å². The molecule has 0 unspecified atom stereocenters. The zero-order valence-corrected chi connectivity index (χ0v) is 18.5. The number of anilines is 1. The lowest BCUT2D eigenvalue weighted by atomic mass is 10.0. The number of hydrogen-bond donors (Lipinski definition) is 1. The van der Waals surface area contributed by atoms with Crippen molar-refractivity contribution in [1.29, 1.82) is 5.26 Å². The third-order valence-electron chi connectivity index (χ3n) is 6.73. The van der Waals surface area contributed by atoms with Crippen LogP contribution in [0.25, 0.3) is 11.7 Å². The second-order valence-electron chi connectivity index (χ2n) is 8.80. The molecule has 4 heterocycles. The Bertz CT molecular complexity index is 1180. The Morgan fingerprint density at radius 3 is 2.64 bits per heavy atom. The molecule has 0 aromatic carbocycles. The fourth-order valence-electron chi connectivity index (χ4n) is 4.93. The van der Waals surface area contributed by atoms with Crippen molar-refractivity contribution in [2.45, 2.75) is 50.4 Å². The SMILES string of the molecule is N#C/C(=C/c1c(N2CCC3(CC2)OCCO3)nc2ccccn2c1=O)C(=O)NC1CCCC1. The third-order valence-corrected chi connectivity index (χ3v) is 6.73. The Kier molecular flexibility index (Phi) is 5.87. The van der Waals surface area contributed by atoms with Crippen LogP contribution in [0.2, 0.25) is 0 Å². The Labute approximate surface area is 191 Å². The predicted octanol–water partition coefficient (Wildman–Crippen LogP) is 2.00. The summed E-state index contributed by atoms with van der Waals surface area (Å²) < 4.78 is 13.1. The van der Waals surface area contributed by atoms with E-state index in [0.29, 0.717) is 50.6 Å². The van der Waals surface area contributed by atoms with Gasteiger partial charge in [0.05, 0.1) is 18.8 Å². The van der Waals surface area contributed by atoms with Crippen LogP contribution in [0.5, 0.6) is 0 Å². The molecule has 1 N–H and O–H groups in total. The summed E-state index contributed by atoms with van der Waals surface area (Å²) in [6.07, 6.45) is 8.30. The maximum absolute atomic E-state index is 13.4. The largest absolute Gasteiger partial charge is 0.355 e. The van der Waals surface area contributed by atoms with E-state index in [0.717, 1.165) is 25.7 Å². The lowest BCUT2D eigenvalue weighted by Gasteiger charge is -2.38. The molecule has 2 saturated heterocycles. The average Bonchev–Trinajstić information content (AvgIpc) is 3.51. The van der Waals surface area contributed by atoms with Crippen molar-refractivity contribution in [2.75, 3.05) is 31.2 Å². The van der Waals surface area contributed by atoms with E-state index >= 15 is 0 Å². The van der Waals surface area contributed by atoms with Gasteiger partial charge in [0.15, 0.2) is 5.79 Å². The molecule has 0 bridgehead atoms. The number of carbonyl (C=O) groups is 1. The number of fused-ring (bicyclic) bond motifs is 1. The molecule has 1 aliphatic carbocycles. The summed E-state index contributed by atoms with van der Waals surface area (Å²) in [4.78, 5) is 33.0. The van der Waals surface area contributed by atoms with E-state index in [1.165, 1.54) is 10.5 Å². The number of ether oxygens (including phenoxy) is 2. The minimum Gasteiger partial charge on any atom is -0.355 e. The van der Waals surface area contributed by atoms with Gasteiger partial charge in [0.1, 0.15) is 23.1 Å². The van der Waals surface area contributed by atoms with E-state index in [2.05, 4.69) is 5.32 Å². The van der Waals surface area contributed by atoms with Gasteiger partial charge in [0, 0.05) is 38.2 Å². The van der Waals surface area contributed by atoms with Gasteiger partial charge in [-0.2, -0.15) is 5.26 Å². The molecule has 0 atom stereocenters. The van der Waals surface area contributed by atoms with Crippen molar-refractivity contribution in [2.24, 2.45) is 0 Å². The van der Waals surface area contributed by atoms with Crippen molar-refractivity contribution < 1.29 is 14.3 Å². The maximum Gasteiger partial charge on any atom is 0.267 e. The number of piperidine rings is 1. The van der Waals surface area contributed by atoms with Gasteiger partial charge in [-0.3, -0.25) is 14.0 Å². The summed E-state index contributed by atoms with van der Waals surface area (Å²) in [6, 6.07) is 7.40. The molecule has 2 aromatic heterocycles. The lowest BCUT2D eigenvalue weighted by Crippen LogP contribution is -2.46. The van der Waals surface area contributed by atoms with E-state index in [1.807, 2.05) is 17.0 Å². The average molecular weight is 450 g/mol. The monoisotopic (exact) mass is 449 g/mol. The highest BCUT2D eigenvalue weighted by atomic mass is 16.7. The normalized spacial score (nSPS) is 20.9. The van der Waals surface area contributed by atoms with Gasteiger partial charge in [0.2, 0.25) is 0 Å². The fraction of sp³-hybridized carbons (Fsp3) is 0.500. The van der Waals surface area contributed by atoms with Crippen molar-refractivity contribution >= 4 is 23.4 Å². The quantitative estimate of drug-likeness (QED) is 0.562. The van der Waals surface area contributed by atoms with E-state index in [9.17, 15) is 14.9 Å². The first-order valence-corrected chi connectivity index (χ1v) is 11.6. The Morgan fingerprint density at radius 2 is 1.94 bits per heavy atom. The lowest BCUT2D eigenvalue weighted by molar-refractivity contribution is -0.169. The van der Waals surface area contributed by atoms with Gasteiger partial charge in [-0.25, -0.2) is 4.98 Å². The molecule has 9 heteroatoms. The van der Waals surface area contributed by atoms with Gasteiger partial charge in [-0.1, -0.05) is 18.9 Å². The van der Waals surface area contributed by atoms with Gasteiger partial charge in [-0.05, 0) is 31.1 Å². The Hall–Kier alpha value is -3.22. The van der Waals surface area contributed by atoms with Gasteiger partial charge in [-0.15, -0.1) is 0 Å². The summed E-state index contributed by atoms with van der Waals surface area (Å²) >= 11 is 0. The molecule has 33 heavy (non-hydrogen) atoms. The maximum atomic E-state index is 13.4. The van der Waals surface area contributed by atoms with Crippen LogP contribution in [0.4, 0.5) is 5.82 Å². The number of carbonyl (C=O) groups excluding carboxylic acids is 1. The molecular weight excluding hydrogens is 422 g/mol. The van der Waals surface area contributed by atoms with Crippen LogP contribution < -0.4 is 15.8 Å². The van der Waals surface area contributed by atoms with E-state index < -0.39 is 11.7 Å². The number of hydrogen-bond acceptors (Lipinski definition) is 7. The van der Waals surface area contributed by atoms with Crippen LogP contribution >= 0.6 is 0 Å². The molecular formula is C24H27N5O4. The topological polar surface area (TPSA) is 109 Å². The number of aromatic nitrogens is 2. The third kappa shape index (κ3) is 4.24. The number of amides is 1. The summed E-state index contributed by atoms with van der Waals surface area (Å²) in [5, 5.41) is 12.7. The highest BCUT2D eigenvalue weighted by molar-refractivity contribution is 6.02. The van der Waals surface area contributed by atoms with Crippen LogP contribution in [-0.2, 0) is 14.3 Å². The summed E-state index contributed by atoms with van der Waals surface area (Å²) in [5.41, 5.74) is 0.345. The molecule has 2 aromatic rings. The Morgan fingerprint density at radius 1 is 1.21 bits per heavy atom. The molecule has 1 amide bonds. The van der Waals surface area contributed by atoms with E-state index in [-0.39, 0.29) is 22.7 Å². The molecule has 3 aliphatic rings. The molecule has 0 radical (unpaired) electrons. The molecule has 2 aliphatic heterocycles. The smallest absolute Gasteiger partial charge is 0.267 e. The van der Waals surface area contributed by atoms with Gasteiger partial charge >= 0.3 is 0 Å². The van der Waals surface area contributed by atoms with Crippen molar-refractivity contribution in [1.82, 2.24) is 14.7 Å². The van der Waals surface area contributed by atoms with Crippen LogP contribution in [0, 0.1) is 11.3 Å². The van der Waals surface area contributed by atoms with Crippen LogP contribution in [0.15, 0.2) is 34.8 Å². The summed E-state index contributed by atoms with van der Waals surface area (Å²) in [5.74, 6) is -0.532. The Balaban J connectivity index is 1.52. The molecule has 9 nitrogen and oxygen atoms in total. The second kappa shape index (κ2) is 8.96. The highest BCUT2D eigenvalue weighted by Crippen LogP contribution is 2.33. The minimum absolute atomic E-state index is 0.0780. The first-order chi connectivity index (χ1) is 16.1. The minimum atomic E-state index is -0.558. The van der Waals surface area contributed by atoms with Crippen molar-refractivity contribution in [3.63, 3.8) is 0 Å². The van der Waals surface area contributed by atoms with Gasteiger partial charge in [0.25, 0.3) is 11.5 Å². The van der Waals surface area contributed by atoms with Crippen molar-refractivity contribution in [3.8, 4) is 6.07 Å². The first-order valence-electron chi connectivity index (χ1n) is 11.6. The van der Waals surface area contributed by atoms with Crippen molar-refractivity contribution in [3.05, 3.63) is 45.9 Å². The summed E-state index contributed by atoms with van der Waals surface area (Å²) in [6.45, 7) is 2.36. The van der Waals surface area contributed by atoms with Crippen LogP contribution in [0.3, 0.4) is 0 Å². The zero-order valence-electron chi connectivity index (χ0n) is 18.5. The number of nitriles is 1. The molecule has 5 rings (SSSR count). The van der Waals surface area contributed by atoms with Crippen LogP contribution in [-0.4, -0.2) is 53.4 Å². The zero-order chi connectivity index (χ0) is 22.8. The van der Waals surface area contributed by atoms with E-state index in [4.69, 9.17) is 14.5 Å². The summed E-state index contributed by atoms with van der Waals surface area (Å²) in [7, 11) is 0. The highest BCUT2D eigenvalue weighted by Gasteiger charge is 2.40. The predicted molar refractivity (Wildman–Crippen MR) is 122 cm³/mol. The molecule has 1 spiro atoms. The number of nitrogens with zero attached hydrogens (tertiary/aromatic N) is 4. The molecule has 3 fully saturated rings. The number of pyridine rings is 1. The standard InChI is InChI=1S/C24H27N5O4/c25-16-17(22(30)26-18-5-1-2-6-18)15-19-21(27-20-7-3-4-10-29(20)23(19)31)28-11-8-24(9-12-28)32-13-14-33-24/h3-4,7,10,15,18H,1-2,5-6,8-9,11-14H2,(H,26,30)/b17-15-. The number of rotatable bonds is 4. The molecule has 1 saturated carbocycles. The van der Waals surface area contributed by atoms with E-state index in [1.54, 1.807) is 18.3 Å². The first kappa shape index (κ1) is 21.6.